The third kappa shape index (κ3) is 5.65. The largest absolute Gasteiger partial charge is 0.493 e. The second-order valence-corrected chi connectivity index (χ2v) is 5.64. The number of methoxy groups -OCH3 is 5. The average Bonchev–Trinajstić information content (AvgIpc) is 2.76. The van der Waals surface area contributed by atoms with E-state index in [1.807, 2.05) is 6.07 Å². The molecular formula is C21H24N2O6. The topological polar surface area (TPSA) is 87.6 Å². The lowest BCUT2D eigenvalue weighted by Gasteiger charge is -2.12. The molecule has 0 bridgehead atoms. The van der Waals surface area contributed by atoms with Crippen molar-refractivity contribution in [2.24, 2.45) is 5.10 Å². The van der Waals surface area contributed by atoms with Crippen LogP contribution in [0.4, 0.5) is 0 Å². The zero-order chi connectivity index (χ0) is 21.2. The van der Waals surface area contributed by atoms with Crippen LogP contribution in [-0.2, 0) is 4.79 Å². The summed E-state index contributed by atoms with van der Waals surface area (Å²) in [6.45, 7) is 0. The van der Waals surface area contributed by atoms with Crippen LogP contribution in [0.15, 0.2) is 41.5 Å². The molecule has 0 saturated heterocycles. The highest BCUT2D eigenvalue weighted by Crippen LogP contribution is 2.37. The first kappa shape index (κ1) is 21.6. The van der Waals surface area contributed by atoms with Crippen LogP contribution in [0.25, 0.3) is 6.08 Å². The number of nitrogens with zero attached hydrogens (tertiary/aromatic N) is 1. The van der Waals surface area contributed by atoms with Gasteiger partial charge in [0.05, 0.1) is 41.8 Å². The van der Waals surface area contributed by atoms with Crippen molar-refractivity contribution < 1.29 is 28.5 Å². The second kappa shape index (κ2) is 10.6. The third-order valence-corrected chi connectivity index (χ3v) is 3.91. The predicted octanol–water partition coefficient (Wildman–Crippen LogP) is 2.89. The summed E-state index contributed by atoms with van der Waals surface area (Å²) < 4.78 is 26.3. The molecule has 0 atom stereocenters. The van der Waals surface area contributed by atoms with Crippen molar-refractivity contribution in [3.63, 3.8) is 0 Å². The van der Waals surface area contributed by atoms with Crippen LogP contribution in [0.1, 0.15) is 11.1 Å². The van der Waals surface area contributed by atoms with Crippen molar-refractivity contribution in [1.29, 1.82) is 0 Å². The second-order valence-electron chi connectivity index (χ2n) is 5.64. The number of rotatable bonds is 9. The van der Waals surface area contributed by atoms with Gasteiger partial charge in [0.25, 0.3) is 5.91 Å². The fourth-order valence-corrected chi connectivity index (χ4v) is 2.51. The Hall–Kier alpha value is -3.68. The number of hydrogen-bond donors (Lipinski definition) is 1. The summed E-state index contributed by atoms with van der Waals surface area (Å²) in [5.41, 5.74) is 3.88. The lowest BCUT2D eigenvalue weighted by Crippen LogP contribution is -2.14. The fraction of sp³-hybridized carbons (Fsp3) is 0.238. The van der Waals surface area contributed by atoms with Gasteiger partial charge in [0, 0.05) is 11.6 Å². The van der Waals surface area contributed by atoms with E-state index in [4.69, 9.17) is 23.7 Å². The highest BCUT2D eigenvalue weighted by atomic mass is 16.5. The van der Waals surface area contributed by atoms with Crippen LogP contribution in [0.2, 0.25) is 0 Å². The van der Waals surface area contributed by atoms with E-state index in [1.165, 1.54) is 33.6 Å². The highest BCUT2D eigenvalue weighted by Gasteiger charge is 2.12. The first-order valence-electron chi connectivity index (χ1n) is 8.59. The van der Waals surface area contributed by atoms with Gasteiger partial charge in [-0.3, -0.25) is 4.79 Å². The Kier molecular flexibility index (Phi) is 7.90. The van der Waals surface area contributed by atoms with Gasteiger partial charge >= 0.3 is 0 Å². The molecule has 2 rings (SSSR count). The highest BCUT2D eigenvalue weighted by molar-refractivity contribution is 5.92. The molecule has 0 aliphatic carbocycles. The van der Waals surface area contributed by atoms with E-state index in [9.17, 15) is 4.79 Å². The maximum atomic E-state index is 12.0. The molecule has 2 aromatic rings. The maximum absolute atomic E-state index is 12.0. The van der Waals surface area contributed by atoms with E-state index in [0.29, 0.717) is 34.3 Å². The minimum atomic E-state index is -0.386. The molecule has 1 amide bonds. The van der Waals surface area contributed by atoms with Gasteiger partial charge in [-0.05, 0) is 35.9 Å². The molecule has 0 aliphatic heterocycles. The Balaban J connectivity index is 2.05. The van der Waals surface area contributed by atoms with Gasteiger partial charge in [-0.2, -0.15) is 5.10 Å². The molecule has 0 spiro atoms. The van der Waals surface area contributed by atoms with Gasteiger partial charge in [-0.15, -0.1) is 0 Å². The predicted molar refractivity (Wildman–Crippen MR) is 110 cm³/mol. The number of amides is 1. The molecule has 0 heterocycles. The summed E-state index contributed by atoms with van der Waals surface area (Å²) in [5, 5.41) is 3.95. The van der Waals surface area contributed by atoms with Crippen molar-refractivity contribution in [2.45, 2.75) is 0 Å². The molecule has 1 N–H and O–H groups in total. The Morgan fingerprint density at radius 3 is 1.93 bits per heavy atom. The zero-order valence-corrected chi connectivity index (χ0v) is 17.0. The van der Waals surface area contributed by atoms with Crippen molar-refractivity contribution in [2.75, 3.05) is 35.5 Å². The number of ether oxygens (including phenoxy) is 5. The monoisotopic (exact) mass is 400 g/mol. The molecule has 29 heavy (non-hydrogen) atoms. The van der Waals surface area contributed by atoms with Crippen molar-refractivity contribution in [3.8, 4) is 28.7 Å². The minimum Gasteiger partial charge on any atom is -0.493 e. The van der Waals surface area contributed by atoms with Gasteiger partial charge in [0.2, 0.25) is 5.75 Å². The molecule has 0 unspecified atom stereocenters. The lowest BCUT2D eigenvalue weighted by atomic mass is 10.2. The number of hydrazone groups is 1. The Morgan fingerprint density at radius 2 is 1.38 bits per heavy atom. The van der Waals surface area contributed by atoms with Crippen LogP contribution in [0.3, 0.4) is 0 Å². The van der Waals surface area contributed by atoms with Crippen LogP contribution < -0.4 is 29.1 Å². The smallest absolute Gasteiger partial charge is 0.264 e. The van der Waals surface area contributed by atoms with Crippen LogP contribution in [-0.4, -0.2) is 47.7 Å². The van der Waals surface area contributed by atoms with Crippen molar-refractivity contribution in [3.05, 3.63) is 47.5 Å². The third-order valence-electron chi connectivity index (χ3n) is 3.91. The molecule has 0 aliphatic rings. The number of carbonyl (C=O) groups excluding carboxylic acids is 1. The Bertz CT molecular complexity index is 883. The zero-order valence-electron chi connectivity index (χ0n) is 17.0. The normalized spacial score (nSPS) is 10.8. The fourth-order valence-electron chi connectivity index (χ4n) is 2.51. The molecule has 0 aromatic heterocycles. The summed E-state index contributed by atoms with van der Waals surface area (Å²) >= 11 is 0. The first-order chi connectivity index (χ1) is 14.1. The van der Waals surface area contributed by atoms with Gasteiger partial charge in [0.15, 0.2) is 23.0 Å². The number of benzene rings is 2. The van der Waals surface area contributed by atoms with Crippen molar-refractivity contribution in [1.82, 2.24) is 5.43 Å². The number of carbonyl (C=O) groups is 1. The Morgan fingerprint density at radius 1 is 0.793 bits per heavy atom. The standard InChI is InChI=1S/C21H24N2O6/c1-25-16-8-6-14(10-17(16)26-2)7-9-20(24)23-22-13-15-11-18(27-3)21(29-5)19(12-15)28-4/h6-13H,1-5H3,(H,23,24)/b9-7+,22-13+. The van der Waals surface area contributed by atoms with E-state index in [-0.39, 0.29) is 5.91 Å². The maximum Gasteiger partial charge on any atom is 0.264 e. The molecule has 2 aromatic carbocycles. The van der Waals surface area contributed by atoms with Gasteiger partial charge < -0.3 is 23.7 Å². The summed E-state index contributed by atoms with van der Waals surface area (Å²) in [6.07, 6.45) is 4.49. The summed E-state index contributed by atoms with van der Waals surface area (Å²) in [6, 6.07) is 8.78. The lowest BCUT2D eigenvalue weighted by molar-refractivity contribution is -0.116. The van der Waals surface area contributed by atoms with Crippen LogP contribution in [0, 0.1) is 0 Å². The van der Waals surface area contributed by atoms with E-state index < -0.39 is 0 Å². The summed E-state index contributed by atoms with van der Waals surface area (Å²) in [5.74, 6) is 2.28. The minimum absolute atomic E-state index is 0.386. The average molecular weight is 400 g/mol. The SMILES string of the molecule is COc1ccc(/C=C/C(=O)N/N=C/c2cc(OC)c(OC)c(OC)c2)cc1OC. The Labute approximate surface area is 169 Å². The van der Waals surface area contributed by atoms with Gasteiger partial charge in [-0.1, -0.05) is 6.07 Å². The first-order valence-corrected chi connectivity index (χ1v) is 8.59. The van der Waals surface area contributed by atoms with E-state index in [0.717, 1.165) is 5.56 Å². The molecule has 0 saturated carbocycles. The quantitative estimate of drug-likeness (QED) is 0.396. The van der Waals surface area contributed by atoms with Crippen molar-refractivity contribution >= 4 is 18.2 Å². The molecule has 8 heteroatoms. The molecular weight excluding hydrogens is 376 g/mol. The van der Waals surface area contributed by atoms with E-state index in [1.54, 1.807) is 44.6 Å². The number of nitrogens with one attached hydrogen (secondary N) is 1. The van der Waals surface area contributed by atoms with Gasteiger partial charge in [-0.25, -0.2) is 5.43 Å². The van der Waals surface area contributed by atoms with E-state index in [2.05, 4.69) is 10.5 Å². The molecule has 0 radical (unpaired) electrons. The number of hydrogen-bond acceptors (Lipinski definition) is 7. The summed E-state index contributed by atoms with van der Waals surface area (Å²) in [7, 11) is 7.69. The van der Waals surface area contributed by atoms with Crippen LogP contribution >= 0.6 is 0 Å². The van der Waals surface area contributed by atoms with Crippen LogP contribution in [0.5, 0.6) is 28.7 Å². The van der Waals surface area contributed by atoms with Gasteiger partial charge in [0.1, 0.15) is 0 Å². The molecule has 154 valence electrons. The molecule has 0 fully saturated rings. The summed E-state index contributed by atoms with van der Waals surface area (Å²) in [4.78, 5) is 12.0. The molecule has 8 nitrogen and oxygen atoms in total. The van der Waals surface area contributed by atoms with E-state index >= 15 is 0 Å².